The molecule has 2 aromatic rings. The molecule has 0 fully saturated rings. The molecule has 0 unspecified atom stereocenters. The Bertz CT molecular complexity index is 610. The Morgan fingerprint density at radius 2 is 1.95 bits per heavy atom. The second kappa shape index (κ2) is 7.54. The average Bonchev–Trinajstić information content (AvgIpc) is 2.97. The molecule has 5 nitrogen and oxygen atoms in total. The minimum absolute atomic E-state index is 0.208. The Labute approximate surface area is 127 Å². The number of aromatic nitrogens is 1. The van der Waals surface area contributed by atoms with Crippen molar-refractivity contribution in [1.29, 1.82) is 0 Å². The summed E-state index contributed by atoms with van der Waals surface area (Å²) in [5.41, 5.74) is 0.890. The van der Waals surface area contributed by atoms with Crippen LogP contribution >= 0.6 is 11.3 Å². The molecule has 2 amide bonds. The fourth-order valence-corrected chi connectivity index (χ4v) is 2.35. The highest BCUT2D eigenvalue weighted by atomic mass is 32.1. The van der Waals surface area contributed by atoms with E-state index in [1.54, 1.807) is 29.6 Å². The Kier molecular flexibility index (Phi) is 5.45. The number of benzene rings is 1. The number of amides is 2. The van der Waals surface area contributed by atoms with Gasteiger partial charge >= 0.3 is 0 Å². The summed E-state index contributed by atoms with van der Waals surface area (Å²) in [6.45, 7) is 2.70. The molecule has 0 aliphatic rings. The third kappa shape index (κ3) is 4.39. The SMILES string of the molecule is CCCCNC(=O)c1csc(NC(=O)c2ccccc2)n1. The lowest BCUT2D eigenvalue weighted by molar-refractivity contribution is 0.0947. The predicted molar refractivity (Wildman–Crippen MR) is 83.8 cm³/mol. The first kappa shape index (κ1) is 15.2. The maximum atomic E-state index is 12.0. The number of hydrogen-bond acceptors (Lipinski definition) is 4. The number of rotatable bonds is 6. The van der Waals surface area contributed by atoms with Crippen LogP contribution in [0, 0.1) is 0 Å². The first-order chi connectivity index (χ1) is 10.2. The predicted octanol–water partition coefficient (Wildman–Crippen LogP) is 2.93. The van der Waals surface area contributed by atoms with E-state index in [9.17, 15) is 9.59 Å². The van der Waals surface area contributed by atoms with Crippen molar-refractivity contribution in [2.75, 3.05) is 11.9 Å². The Hall–Kier alpha value is -2.21. The third-order valence-electron chi connectivity index (χ3n) is 2.81. The maximum absolute atomic E-state index is 12.0. The van der Waals surface area contributed by atoms with Gasteiger partial charge in [-0.15, -0.1) is 11.3 Å². The molecular formula is C15H17N3O2S. The van der Waals surface area contributed by atoms with Crippen LogP contribution in [0.5, 0.6) is 0 Å². The minimum Gasteiger partial charge on any atom is -0.351 e. The molecule has 0 saturated carbocycles. The van der Waals surface area contributed by atoms with Crippen molar-refractivity contribution in [1.82, 2.24) is 10.3 Å². The molecule has 0 spiro atoms. The Morgan fingerprint density at radius 3 is 2.67 bits per heavy atom. The van der Waals surface area contributed by atoms with Gasteiger partial charge in [-0.1, -0.05) is 31.5 Å². The van der Waals surface area contributed by atoms with Crippen LogP contribution in [-0.2, 0) is 0 Å². The topological polar surface area (TPSA) is 71.1 Å². The van der Waals surface area contributed by atoms with Gasteiger partial charge in [0.1, 0.15) is 5.69 Å². The van der Waals surface area contributed by atoms with Crippen LogP contribution in [0.4, 0.5) is 5.13 Å². The lowest BCUT2D eigenvalue weighted by Crippen LogP contribution is -2.24. The molecule has 0 radical (unpaired) electrons. The standard InChI is InChI=1S/C15H17N3O2S/c1-2-3-9-16-14(20)12-10-21-15(17-12)18-13(19)11-7-5-4-6-8-11/h4-8,10H,2-3,9H2,1H3,(H,16,20)(H,17,18,19). The van der Waals surface area contributed by atoms with E-state index in [0.717, 1.165) is 12.8 Å². The molecule has 0 bridgehead atoms. The largest absolute Gasteiger partial charge is 0.351 e. The van der Waals surface area contributed by atoms with E-state index in [2.05, 4.69) is 22.5 Å². The fourth-order valence-electron chi connectivity index (χ4n) is 1.66. The monoisotopic (exact) mass is 303 g/mol. The zero-order valence-corrected chi connectivity index (χ0v) is 12.6. The molecule has 1 aromatic heterocycles. The third-order valence-corrected chi connectivity index (χ3v) is 3.57. The Morgan fingerprint density at radius 1 is 1.19 bits per heavy atom. The van der Waals surface area contributed by atoms with Crippen molar-refractivity contribution >= 4 is 28.3 Å². The van der Waals surface area contributed by atoms with Crippen LogP contribution in [0.15, 0.2) is 35.7 Å². The molecule has 2 N–H and O–H groups in total. The van der Waals surface area contributed by atoms with E-state index in [1.165, 1.54) is 11.3 Å². The van der Waals surface area contributed by atoms with E-state index < -0.39 is 0 Å². The number of carbonyl (C=O) groups excluding carboxylic acids is 2. The van der Waals surface area contributed by atoms with Gasteiger partial charge in [0.2, 0.25) is 0 Å². The van der Waals surface area contributed by atoms with Crippen molar-refractivity contribution < 1.29 is 9.59 Å². The zero-order valence-electron chi connectivity index (χ0n) is 11.8. The molecule has 0 saturated heterocycles. The highest BCUT2D eigenvalue weighted by molar-refractivity contribution is 7.14. The van der Waals surface area contributed by atoms with Gasteiger partial charge < -0.3 is 5.32 Å². The van der Waals surface area contributed by atoms with Gasteiger partial charge in [-0.2, -0.15) is 0 Å². The van der Waals surface area contributed by atoms with Gasteiger partial charge in [0.25, 0.3) is 11.8 Å². The zero-order chi connectivity index (χ0) is 15.1. The molecule has 1 aromatic carbocycles. The van der Waals surface area contributed by atoms with E-state index in [1.807, 2.05) is 6.07 Å². The molecule has 2 rings (SSSR count). The lowest BCUT2D eigenvalue weighted by Gasteiger charge is -2.02. The second-order valence-electron chi connectivity index (χ2n) is 4.47. The van der Waals surface area contributed by atoms with Gasteiger partial charge in [-0.25, -0.2) is 4.98 Å². The molecular weight excluding hydrogens is 286 g/mol. The van der Waals surface area contributed by atoms with Crippen LogP contribution in [0.25, 0.3) is 0 Å². The van der Waals surface area contributed by atoms with Gasteiger partial charge in [-0.05, 0) is 18.6 Å². The van der Waals surface area contributed by atoms with Crippen LogP contribution in [-0.4, -0.2) is 23.3 Å². The maximum Gasteiger partial charge on any atom is 0.270 e. The fraction of sp³-hybridized carbons (Fsp3) is 0.267. The summed E-state index contributed by atoms with van der Waals surface area (Å²) in [6.07, 6.45) is 1.96. The lowest BCUT2D eigenvalue weighted by atomic mass is 10.2. The van der Waals surface area contributed by atoms with Crippen molar-refractivity contribution in [2.45, 2.75) is 19.8 Å². The summed E-state index contributed by atoms with van der Waals surface area (Å²) < 4.78 is 0. The first-order valence-corrected chi connectivity index (χ1v) is 7.68. The number of unbranched alkanes of at least 4 members (excludes halogenated alkanes) is 1. The molecule has 1 heterocycles. The summed E-state index contributed by atoms with van der Waals surface area (Å²) in [5.74, 6) is -0.442. The number of nitrogens with one attached hydrogen (secondary N) is 2. The van der Waals surface area contributed by atoms with Crippen LogP contribution in [0.2, 0.25) is 0 Å². The van der Waals surface area contributed by atoms with Crippen molar-refractivity contribution in [3.63, 3.8) is 0 Å². The molecule has 0 aliphatic heterocycles. The number of hydrogen-bond donors (Lipinski definition) is 2. The number of carbonyl (C=O) groups is 2. The van der Waals surface area contributed by atoms with Gasteiger partial charge in [0.05, 0.1) is 0 Å². The molecule has 0 atom stereocenters. The smallest absolute Gasteiger partial charge is 0.270 e. The van der Waals surface area contributed by atoms with Gasteiger partial charge in [-0.3, -0.25) is 14.9 Å². The molecule has 110 valence electrons. The van der Waals surface area contributed by atoms with Crippen LogP contribution < -0.4 is 10.6 Å². The molecule has 0 aliphatic carbocycles. The number of thiazole rings is 1. The number of anilines is 1. The summed E-state index contributed by atoms with van der Waals surface area (Å²) in [7, 11) is 0. The van der Waals surface area contributed by atoms with E-state index in [0.29, 0.717) is 22.9 Å². The Balaban J connectivity index is 1.94. The minimum atomic E-state index is -0.233. The second-order valence-corrected chi connectivity index (χ2v) is 5.33. The summed E-state index contributed by atoms with van der Waals surface area (Å²) in [6, 6.07) is 8.88. The van der Waals surface area contributed by atoms with Crippen molar-refractivity contribution in [2.24, 2.45) is 0 Å². The van der Waals surface area contributed by atoms with Crippen LogP contribution in [0.3, 0.4) is 0 Å². The summed E-state index contributed by atoms with van der Waals surface area (Å²) in [4.78, 5) is 27.9. The number of nitrogens with zero attached hydrogens (tertiary/aromatic N) is 1. The average molecular weight is 303 g/mol. The molecule has 21 heavy (non-hydrogen) atoms. The normalized spacial score (nSPS) is 10.1. The van der Waals surface area contributed by atoms with Gasteiger partial charge in [0, 0.05) is 17.5 Å². The molecule has 6 heteroatoms. The summed E-state index contributed by atoms with van der Waals surface area (Å²) >= 11 is 1.24. The first-order valence-electron chi connectivity index (χ1n) is 6.81. The highest BCUT2D eigenvalue weighted by Crippen LogP contribution is 2.16. The van der Waals surface area contributed by atoms with Gasteiger partial charge in [0.15, 0.2) is 5.13 Å². The van der Waals surface area contributed by atoms with E-state index >= 15 is 0 Å². The van der Waals surface area contributed by atoms with E-state index in [-0.39, 0.29) is 11.8 Å². The van der Waals surface area contributed by atoms with Crippen molar-refractivity contribution in [3.05, 3.63) is 47.0 Å². The van der Waals surface area contributed by atoms with E-state index in [4.69, 9.17) is 0 Å². The summed E-state index contributed by atoms with van der Waals surface area (Å²) in [5, 5.41) is 7.54. The van der Waals surface area contributed by atoms with Crippen molar-refractivity contribution in [3.8, 4) is 0 Å². The quantitative estimate of drug-likeness (QED) is 0.806. The highest BCUT2D eigenvalue weighted by Gasteiger charge is 2.12. The van der Waals surface area contributed by atoms with Crippen LogP contribution in [0.1, 0.15) is 40.6 Å².